The van der Waals surface area contributed by atoms with Crippen LogP contribution >= 0.6 is 0 Å². The minimum absolute atomic E-state index is 0.0700. The number of allylic oxidation sites excluding steroid dienone is 4. The van der Waals surface area contributed by atoms with Crippen LogP contribution in [0.1, 0.15) is 73.1 Å². The van der Waals surface area contributed by atoms with Crippen molar-refractivity contribution < 1.29 is 9.53 Å². The van der Waals surface area contributed by atoms with E-state index >= 15 is 0 Å². The third-order valence-electron chi connectivity index (χ3n) is 5.24. The van der Waals surface area contributed by atoms with E-state index in [4.69, 9.17) is 4.74 Å². The number of ether oxygens (including phenoxy) is 1. The van der Waals surface area contributed by atoms with Gasteiger partial charge in [0.25, 0.3) is 0 Å². The molecule has 0 amide bonds. The lowest BCUT2D eigenvalue weighted by molar-refractivity contribution is -0.119. The molecule has 2 nitrogen and oxygen atoms in total. The molecule has 3 atom stereocenters. The Hall–Kier alpha value is -0.890. The van der Waals surface area contributed by atoms with Crippen LogP contribution in [0.25, 0.3) is 0 Å². The average molecular weight is 304 g/mol. The van der Waals surface area contributed by atoms with Gasteiger partial charge in [-0.3, -0.25) is 4.79 Å². The lowest BCUT2D eigenvalue weighted by Crippen LogP contribution is -2.13. The van der Waals surface area contributed by atoms with Crippen molar-refractivity contribution in [2.45, 2.75) is 84.8 Å². The summed E-state index contributed by atoms with van der Waals surface area (Å²) in [5.74, 6) is 1.39. The van der Waals surface area contributed by atoms with Crippen LogP contribution in [0.3, 0.4) is 0 Å². The van der Waals surface area contributed by atoms with Crippen LogP contribution < -0.4 is 0 Å². The summed E-state index contributed by atoms with van der Waals surface area (Å²) in [4.78, 5) is 12.2. The lowest BCUT2D eigenvalue weighted by Gasteiger charge is -2.15. The molecule has 0 radical (unpaired) electrons. The van der Waals surface area contributed by atoms with E-state index in [1.54, 1.807) is 0 Å². The summed E-state index contributed by atoms with van der Waals surface area (Å²) in [5, 5.41) is 0. The number of carbonyl (C=O) groups excluding carboxylic acids is 1. The van der Waals surface area contributed by atoms with E-state index < -0.39 is 0 Å². The van der Waals surface area contributed by atoms with E-state index in [9.17, 15) is 4.79 Å². The van der Waals surface area contributed by atoms with Gasteiger partial charge >= 0.3 is 0 Å². The van der Waals surface area contributed by atoms with Gasteiger partial charge in [-0.05, 0) is 51.4 Å². The fourth-order valence-corrected chi connectivity index (χ4v) is 3.45. The van der Waals surface area contributed by atoms with Crippen LogP contribution in [0.15, 0.2) is 23.3 Å². The Labute approximate surface area is 136 Å². The molecule has 0 N–H and O–H groups in total. The fourth-order valence-electron chi connectivity index (χ4n) is 3.45. The number of Topliss-reactive ketones (excluding diaryl/α,β-unsaturated/α-hetero) is 1. The predicted octanol–water partition coefficient (Wildman–Crippen LogP) is 5.23. The van der Waals surface area contributed by atoms with Crippen molar-refractivity contribution in [3.05, 3.63) is 23.3 Å². The number of ketones is 1. The Morgan fingerprint density at radius 1 is 1.27 bits per heavy atom. The summed E-state index contributed by atoms with van der Waals surface area (Å²) < 4.78 is 5.98. The Kier molecular flexibility index (Phi) is 5.65. The first kappa shape index (κ1) is 17.5. The molecule has 1 unspecified atom stereocenters. The predicted molar refractivity (Wildman–Crippen MR) is 91.8 cm³/mol. The molecule has 1 aliphatic carbocycles. The first-order valence-electron chi connectivity index (χ1n) is 8.86. The second-order valence-electron chi connectivity index (χ2n) is 7.93. The van der Waals surface area contributed by atoms with Crippen molar-refractivity contribution in [3.63, 3.8) is 0 Å². The average Bonchev–Trinajstić information content (AvgIpc) is 3.06. The molecule has 0 aromatic rings. The zero-order valence-corrected chi connectivity index (χ0v) is 14.9. The van der Waals surface area contributed by atoms with Gasteiger partial charge in [0.15, 0.2) is 0 Å². The SMILES string of the molecule is C/C1=C/C=C(/C(C)C)CC[C@@]2(C)O[C@@H]2CCC(C)CC(=O)C1. The molecule has 124 valence electrons. The molecule has 0 bridgehead atoms. The molecule has 0 aromatic heterocycles. The normalized spacial score (nSPS) is 39.3. The minimum atomic E-state index is 0.0700. The quantitative estimate of drug-likeness (QED) is 0.621. The summed E-state index contributed by atoms with van der Waals surface area (Å²) in [5.41, 5.74) is 2.72. The lowest BCUT2D eigenvalue weighted by atomic mass is 9.88. The van der Waals surface area contributed by atoms with Crippen molar-refractivity contribution in [1.29, 1.82) is 0 Å². The topological polar surface area (TPSA) is 29.6 Å². The molecule has 2 heteroatoms. The summed E-state index contributed by atoms with van der Waals surface area (Å²) in [6, 6.07) is 0. The van der Waals surface area contributed by atoms with Crippen LogP contribution in [0.2, 0.25) is 0 Å². The molecule has 22 heavy (non-hydrogen) atoms. The fraction of sp³-hybridized carbons (Fsp3) is 0.750. The van der Waals surface area contributed by atoms with Gasteiger partial charge in [0.05, 0.1) is 11.7 Å². The summed E-state index contributed by atoms with van der Waals surface area (Å²) in [6.45, 7) is 11.0. The zero-order chi connectivity index (χ0) is 16.3. The van der Waals surface area contributed by atoms with Crippen LogP contribution in [0.4, 0.5) is 0 Å². The van der Waals surface area contributed by atoms with Crippen molar-refractivity contribution in [2.24, 2.45) is 11.8 Å². The molecule has 1 fully saturated rings. The largest absolute Gasteiger partial charge is 0.366 e. The van der Waals surface area contributed by atoms with Gasteiger partial charge in [0, 0.05) is 12.8 Å². The molecule has 1 aliphatic heterocycles. The van der Waals surface area contributed by atoms with Gasteiger partial charge in [0.1, 0.15) is 5.78 Å². The molecular formula is C20H32O2. The number of rotatable bonds is 1. The zero-order valence-electron chi connectivity index (χ0n) is 14.9. The van der Waals surface area contributed by atoms with E-state index in [2.05, 4.69) is 46.8 Å². The summed E-state index contributed by atoms with van der Waals surface area (Å²) in [7, 11) is 0. The molecular weight excluding hydrogens is 272 g/mol. The van der Waals surface area contributed by atoms with E-state index in [1.807, 2.05) is 0 Å². The number of hydrogen-bond donors (Lipinski definition) is 0. The van der Waals surface area contributed by atoms with Gasteiger partial charge in [0.2, 0.25) is 0 Å². The Balaban J connectivity index is 2.14. The van der Waals surface area contributed by atoms with Crippen molar-refractivity contribution >= 4 is 5.78 Å². The monoisotopic (exact) mass is 304 g/mol. The third-order valence-corrected chi connectivity index (χ3v) is 5.24. The smallest absolute Gasteiger partial charge is 0.137 e. The van der Waals surface area contributed by atoms with Gasteiger partial charge in [-0.25, -0.2) is 0 Å². The van der Waals surface area contributed by atoms with Crippen LogP contribution in [0, 0.1) is 11.8 Å². The number of carbonyl (C=O) groups is 1. The molecule has 1 heterocycles. The van der Waals surface area contributed by atoms with Crippen LogP contribution in [-0.2, 0) is 9.53 Å². The van der Waals surface area contributed by atoms with Crippen LogP contribution in [0.5, 0.6) is 0 Å². The molecule has 2 rings (SSSR count). The van der Waals surface area contributed by atoms with Crippen LogP contribution in [-0.4, -0.2) is 17.5 Å². The first-order chi connectivity index (χ1) is 10.3. The van der Waals surface area contributed by atoms with E-state index in [0.29, 0.717) is 36.6 Å². The maximum atomic E-state index is 12.2. The highest BCUT2D eigenvalue weighted by atomic mass is 16.6. The van der Waals surface area contributed by atoms with E-state index in [-0.39, 0.29) is 5.60 Å². The first-order valence-corrected chi connectivity index (χ1v) is 8.86. The highest BCUT2D eigenvalue weighted by Gasteiger charge is 2.50. The van der Waals surface area contributed by atoms with E-state index in [0.717, 1.165) is 25.7 Å². The standard InChI is InChI=1S/C20H32O2/c1-14(2)17-8-6-15(3)12-18(21)13-16(4)7-9-19-20(5,22-19)11-10-17/h6,8,14,16,19H,7,9-13H2,1-5H3/b15-6-,17-8+/t16?,19-,20-/m1/s1. The van der Waals surface area contributed by atoms with Gasteiger partial charge in [-0.1, -0.05) is 44.1 Å². The number of hydrogen-bond acceptors (Lipinski definition) is 2. The second-order valence-corrected chi connectivity index (χ2v) is 7.93. The highest BCUT2D eigenvalue weighted by molar-refractivity contribution is 5.80. The summed E-state index contributed by atoms with van der Waals surface area (Å²) >= 11 is 0. The van der Waals surface area contributed by atoms with Crippen molar-refractivity contribution in [3.8, 4) is 0 Å². The Bertz CT molecular complexity index is 472. The Morgan fingerprint density at radius 2 is 2.00 bits per heavy atom. The van der Waals surface area contributed by atoms with E-state index in [1.165, 1.54) is 11.1 Å². The second kappa shape index (κ2) is 7.12. The number of epoxide rings is 1. The van der Waals surface area contributed by atoms with Gasteiger partial charge in [-0.2, -0.15) is 0 Å². The maximum Gasteiger partial charge on any atom is 0.137 e. The Morgan fingerprint density at radius 3 is 2.68 bits per heavy atom. The summed E-state index contributed by atoms with van der Waals surface area (Å²) in [6.07, 6.45) is 10.5. The minimum Gasteiger partial charge on any atom is -0.366 e. The van der Waals surface area contributed by atoms with Crippen molar-refractivity contribution in [2.75, 3.05) is 0 Å². The molecule has 2 aliphatic rings. The molecule has 0 saturated carbocycles. The number of fused-ring (bicyclic) bond motifs is 1. The van der Waals surface area contributed by atoms with Crippen molar-refractivity contribution in [1.82, 2.24) is 0 Å². The van der Waals surface area contributed by atoms with Gasteiger partial charge in [-0.15, -0.1) is 0 Å². The molecule has 1 saturated heterocycles. The maximum absolute atomic E-state index is 12.2. The van der Waals surface area contributed by atoms with Gasteiger partial charge < -0.3 is 4.74 Å². The highest BCUT2D eigenvalue weighted by Crippen LogP contribution is 2.44. The third kappa shape index (κ3) is 4.81. The molecule has 0 aromatic carbocycles. The molecule has 0 spiro atoms.